The van der Waals surface area contributed by atoms with E-state index in [1.807, 2.05) is 38.1 Å². The second kappa shape index (κ2) is 10.3. The quantitative estimate of drug-likeness (QED) is 0.432. The fourth-order valence-corrected chi connectivity index (χ4v) is 4.00. The lowest BCUT2D eigenvalue weighted by Crippen LogP contribution is -2.34. The van der Waals surface area contributed by atoms with Crippen LogP contribution < -0.4 is 21.3 Å². The highest BCUT2D eigenvalue weighted by Gasteiger charge is 2.33. The van der Waals surface area contributed by atoms with Gasteiger partial charge in [0.15, 0.2) is 12.6 Å². The topological polar surface area (TPSA) is 102 Å². The van der Waals surface area contributed by atoms with E-state index in [0.717, 1.165) is 18.4 Å². The van der Waals surface area contributed by atoms with Gasteiger partial charge >= 0.3 is 0 Å². The van der Waals surface area contributed by atoms with E-state index in [1.165, 1.54) is 21.9 Å². The summed E-state index contributed by atoms with van der Waals surface area (Å²) in [6, 6.07) is 14.1. The van der Waals surface area contributed by atoms with Gasteiger partial charge in [-0.15, -0.1) is 0 Å². The predicted octanol–water partition coefficient (Wildman–Crippen LogP) is 3.45. The van der Waals surface area contributed by atoms with Crippen molar-refractivity contribution in [3.05, 3.63) is 82.4 Å². The maximum absolute atomic E-state index is 13.4. The average molecular weight is 480 g/mol. The average Bonchev–Trinajstić information content (AvgIpc) is 3.70. The van der Waals surface area contributed by atoms with E-state index in [9.17, 15) is 14.0 Å². The van der Waals surface area contributed by atoms with Crippen LogP contribution in [0.3, 0.4) is 0 Å². The van der Waals surface area contributed by atoms with Crippen LogP contribution in [-0.4, -0.2) is 46.4 Å². The number of carbonyl (C=O) groups excluding carboxylic acids is 1. The third-order valence-electron chi connectivity index (χ3n) is 5.96. The number of amides is 1. The van der Waals surface area contributed by atoms with Crippen molar-refractivity contribution in [1.82, 2.24) is 14.5 Å². The lowest BCUT2D eigenvalue weighted by Gasteiger charge is -2.29. The van der Waals surface area contributed by atoms with Crippen molar-refractivity contribution in [1.29, 1.82) is 0 Å². The number of para-hydroxylation sites is 1. The number of benzene rings is 2. The molecule has 35 heavy (non-hydrogen) atoms. The molecule has 1 heterocycles. The summed E-state index contributed by atoms with van der Waals surface area (Å²) in [5, 5.41) is 3.24. The van der Waals surface area contributed by atoms with E-state index in [1.54, 1.807) is 24.3 Å². The van der Waals surface area contributed by atoms with Gasteiger partial charge in [-0.2, -0.15) is 0 Å². The molecule has 0 atom stereocenters. The largest absolute Gasteiger partial charge is 0.492 e. The highest BCUT2D eigenvalue weighted by molar-refractivity contribution is 5.95. The van der Waals surface area contributed by atoms with Crippen LogP contribution in [0.5, 0.6) is 5.75 Å². The lowest BCUT2D eigenvalue weighted by atomic mass is 9.93. The Morgan fingerprint density at radius 3 is 2.74 bits per heavy atom. The van der Waals surface area contributed by atoms with Crippen LogP contribution in [0.2, 0.25) is 0 Å². The molecule has 184 valence electrons. The van der Waals surface area contributed by atoms with Crippen LogP contribution in [0.1, 0.15) is 42.6 Å². The van der Waals surface area contributed by atoms with E-state index in [0.29, 0.717) is 30.2 Å². The maximum Gasteiger partial charge on any atom is 0.297 e. The van der Waals surface area contributed by atoms with Gasteiger partial charge in [-0.25, -0.2) is 9.37 Å². The number of carbonyl (C=O) groups is 1. The summed E-state index contributed by atoms with van der Waals surface area (Å²) in [6.07, 6.45) is 4.67. The van der Waals surface area contributed by atoms with Gasteiger partial charge in [0, 0.05) is 41.8 Å². The first kappa shape index (κ1) is 24.4. The van der Waals surface area contributed by atoms with Gasteiger partial charge in [-0.1, -0.05) is 24.3 Å². The van der Waals surface area contributed by atoms with Gasteiger partial charge < -0.3 is 20.7 Å². The number of alkyl halides is 1. The minimum absolute atomic E-state index is 0.0467. The number of nitrogens with one attached hydrogen (secondary N) is 1. The Balaban J connectivity index is 1.63. The summed E-state index contributed by atoms with van der Waals surface area (Å²) in [6.45, 7) is 3.79. The Hall–Kier alpha value is -3.72. The molecule has 4 rings (SSSR count). The molecule has 1 aliphatic rings. The number of aromatic nitrogens is 2. The minimum Gasteiger partial charge on any atom is -0.492 e. The van der Waals surface area contributed by atoms with Crippen molar-refractivity contribution in [2.75, 3.05) is 25.3 Å². The van der Waals surface area contributed by atoms with E-state index in [4.69, 9.17) is 10.5 Å². The maximum atomic E-state index is 13.4. The Morgan fingerprint density at radius 2 is 2.03 bits per heavy atom. The second-order valence-corrected chi connectivity index (χ2v) is 9.01. The molecule has 0 unspecified atom stereocenters. The normalized spacial score (nSPS) is 13.4. The van der Waals surface area contributed by atoms with E-state index in [-0.39, 0.29) is 23.3 Å². The van der Waals surface area contributed by atoms with E-state index < -0.39 is 12.3 Å². The highest BCUT2D eigenvalue weighted by Crippen LogP contribution is 2.32. The van der Waals surface area contributed by atoms with Gasteiger partial charge in [-0.05, 0) is 51.0 Å². The molecule has 1 fully saturated rings. The first-order valence-electron chi connectivity index (χ1n) is 11.6. The molecular weight excluding hydrogens is 449 g/mol. The molecular formula is C26H30FN5O3. The number of hydrogen-bond acceptors (Lipinski definition) is 6. The van der Waals surface area contributed by atoms with Gasteiger partial charge in [0.25, 0.3) is 11.5 Å². The third-order valence-corrected chi connectivity index (χ3v) is 5.96. The van der Waals surface area contributed by atoms with Crippen molar-refractivity contribution in [3.63, 3.8) is 0 Å². The number of halogens is 1. The molecule has 2 aromatic carbocycles. The minimum atomic E-state index is -0.831. The molecule has 0 radical (unpaired) electrons. The molecule has 1 amide bonds. The van der Waals surface area contributed by atoms with Crippen LogP contribution in [0, 0.1) is 0 Å². The first-order valence-corrected chi connectivity index (χ1v) is 11.6. The van der Waals surface area contributed by atoms with Crippen LogP contribution in [0.15, 0.2) is 65.7 Å². The van der Waals surface area contributed by atoms with Crippen molar-refractivity contribution in [2.24, 2.45) is 5.73 Å². The number of rotatable bonds is 10. The zero-order valence-electron chi connectivity index (χ0n) is 19.9. The molecule has 3 aromatic rings. The molecule has 1 aromatic heterocycles. The third kappa shape index (κ3) is 5.35. The number of ether oxygens (including phenoxy) is 1. The SMILES string of the molecule is CC(C)(Nc1nccn(-c2cccc(C(=O)N(CF)C3CC3)c2)c1=O)c1ccccc1OCCN. The zero-order chi connectivity index (χ0) is 25.0. The first-order chi connectivity index (χ1) is 16.9. The molecule has 0 aliphatic heterocycles. The molecule has 0 saturated heterocycles. The standard InChI is InChI=1S/C26H30FN5O3/c1-26(2,21-8-3-4-9-22(21)35-15-12-28)30-23-25(34)31(14-13-29-23)20-7-5-6-18(16-20)24(33)32(17-27)19-10-11-19/h3-9,13-14,16,19H,10-12,15,17,28H2,1-2H3,(H,29,30). The monoisotopic (exact) mass is 479 g/mol. The molecule has 8 nitrogen and oxygen atoms in total. The van der Waals surface area contributed by atoms with Gasteiger partial charge in [-0.3, -0.25) is 14.2 Å². The Labute approximate surface area is 203 Å². The molecule has 1 aliphatic carbocycles. The summed E-state index contributed by atoms with van der Waals surface area (Å²) >= 11 is 0. The van der Waals surface area contributed by atoms with Gasteiger partial charge in [0.2, 0.25) is 0 Å². The zero-order valence-corrected chi connectivity index (χ0v) is 19.9. The second-order valence-electron chi connectivity index (χ2n) is 9.01. The summed E-state index contributed by atoms with van der Waals surface area (Å²) in [5.74, 6) is 0.435. The molecule has 0 bridgehead atoms. The number of anilines is 1. The molecule has 3 N–H and O–H groups in total. The Bertz CT molecular complexity index is 1260. The summed E-state index contributed by atoms with van der Waals surface area (Å²) in [7, 11) is 0. The number of hydrogen-bond donors (Lipinski definition) is 2. The summed E-state index contributed by atoms with van der Waals surface area (Å²) < 4.78 is 20.6. The molecule has 1 saturated carbocycles. The van der Waals surface area contributed by atoms with Crippen LogP contribution in [0.4, 0.5) is 10.2 Å². The van der Waals surface area contributed by atoms with Crippen LogP contribution >= 0.6 is 0 Å². The van der Waals surface area contributed by atoms with Crippen molar-refractivity contribution < 1.29 is 13.9 Å². The Kier molecular flexibility index (Phi) is 7.16. The molecule has 9 heteroatoms. The van der Waals surface area contributed by atoms with Gasteiger partial charge in [0.1, 0.15) is 12.4 Å². The Morgan fingerprint density at radius 1 is 1.26 bits per heavy atom. The van der Waals surface area contributed by atoms with Crippen LogP contribution in [-0.2, 0) is 5.54 Å². The molecule has 0 spiro atoms. The van der Waals surface area contributed by atoms with Crippen LogP contribution in [0.25, 0.3) is 5.69 Å². The van der Waals surface area contributed by atoms with Crippen molar-refractivity contribution in [3.8, 4) is 11.4 Å². The van der Waals surface area contributed by atoms with Gasteiger partial charge in [0.05, 0.1) is 5.54 Å². The smallest absolute Gasteiger partial charge is 0.297 e. The summed E-state index contributed by atoms with van der Waals surface area (Å²) in [4.78, 5) is 31.7. The summed E-state index contributed by atoms with van der Waals surface area (Å²) in [5.41, 5.74) is 6.18. The van der Waals surface area contributed by atoms with Crippen molar-refractivity contribution >= 4 is 11.7 Å². The van der Waals surface area contributed by atoms with E-state index in [2.05, 4.69) is 10.3 Å². The fourth-order valence-electron chi connectivity index (χ4n) is 4.00. The van der Waals surface area contributed by atoms with E-state index >= 15 is 0 Å². The fraction of sp³-hybridized carbons (Fsp3) is 0.346. The highest BCUT2D eigenvalue weighted by atomic mass is 19.1. The predicted molar refractivity (Wildman–Crippen MR) is 133 cm³/mol. The lowest BCUT2D eigenvalue weighted by molar-refractivity contribution is 0.0663. The number of nitrogens with two attached hydrogens (primary N) is 1. The number of nitrogens with zero attached hydrogens (tertiary/aromatic N) is 3. The van der Waals surface area contributed by atoms with Crippen molar-refractivity contribution in [2.45, 2.75) is 38.3 Å².